The highest BCUT2D eigenvalue weighted by atomic mass is 32.2. The first-order valence-corrected chi connectivity index (χ1v) is 8.83. The van der Waals surface area contributed by atoms with E-state index < -0.39 is 10.2 Å². The number of amides is 1. The van der Waals surface area contributed by atoms with Crippen molar-refractivity contribution >= 4 is 29.0 Å². The number of anilines is 1. The SMILES string of the molecule is O=C(Nc1cccc([N+](=O)[O-])c1)[C@H](Sc1ccccc1)c1ccccc1. The van der Waals surface area contributed by atoms with Gasteiger partial charge in [-0.05, 0) is 23.8 Å². The predicted molar refractivity (Wildman–Crippen MR) is 103 cm³/mol. The molecule has 0 saturated carbocycles. The van der Waals surface area contributed by atoms with Gasteiger partial charge in [-0.25, -0.2) is 0 Å². The zero-order valence-corrected chi connectivity index (χ0v) is 14.6. The van der Waals surface area contributed by atoms with Gasteiger partial charge in [0, 0.05) is 22.7 Å². The molecular formula is C20H16N2O3S. The summed E-state index contributed by atoms with van der Waals surface area (Å²) in [5.41, 5.74) is 1.21. The van der Waals surface area contributed by atoms with Crippen LogP contribution >= 0.6 is 11.8 Å². The van der Waals surface area contributed by atoms with Gasteiger partial charge in [-0.3, -0.25) is 14.9 Å². The fourth-order valence-corrected chi connectivity index (χ4v) is 3.49. The van der Waals surface area contributed by atoms with Gasteiger partial charge in [-0.15, -0.1) is 11.8 Å². The molecule has 0 aliphatic carbocycles. The van der Waals surface area contributed by atoms with Gasteiger partial charge in [0.05, 0.1) is 4.92 Å². The Morgan fingerprint density at radius 2 is 1.58 bits per heavy atom. The third kappa shape index (κ3) is 4.49. The Morgan fingerprint density at radius 3 is 2.23 bits per heavy atom. The topological polar surface area (TPSA) is 72.2 Å². The summed E-state index contributed by atoms with van der Waals surface area (Å²) in [5, 5.41) is 13.2. The van der Waals surface area contributed by atoms with Crippen molar-refractivity contribution < 1.29 is 9.72 Å². The van der Waals surface area contributed by atoms with Gasteiger partial charge in [0.2, 0.25) is 5.91 Å². The molecule has 6 heteroatoms. The first kappa shape index (κ1) is 17.7. The van der Waals surface area contributed by atoms with Crippen molar-refractivity contribution in [1.29, 1.82) is 0 Å². The third-order valence-corrected chi connectivity index (χ3v) is 4.93. The monoisotopic (exact) mass is 364 g/mol. The van der Waals surface area contributed by atoms with Gasteiger partial charge in [0.1, 0.15) is 5.25 Å². The zero-order valence-electron chi connectivity index (χ0n) is 13.7. The quantitative estimate of drug-likeness (QED) is 0.377. The van der Waals surface area contributed by atoms with Crippen molar-refractivity contribution in [3.8, 4) is 0 Å². The van der Waals surface area contributed by atoms with Gasteiger partial charge in [-0.2, -0.15) is 0 Å². The number of benzene rings is 3. The smallest absolute Gasteiger partial charge is 0.271 e. The highest BCUT2D eigenvalue weighted by Gasteiger charge is 2.22. The van der Waals surface area contributed by atoms with Crippen LogP contribution in [0.1, 0.15) is 10.8 Å². The Bertz CT molecular complexity index is 901. The van der Waals surface area contributed by atoms with E-state index in [1.165, 1.54) is 23.9 Å². The predicted octanol–water partition coefficient (Wildman–Crippen LogP) is 5.07. The summed E-state index contributed by atoms with van der Waals surface area (Å²) >= 11 is 1.43. The number of nitro groups is 1. The van der Waals surface area contributed by atoms with Crippen LogP contribution in [0.3, 0.4) is 0 Å². The van der Waals surface area contributed by atoms with Crippen LogP contribution in [0.5, 0.6) is 0 Å². The molecule has 0 aliphatic rings. The fourth-order valence-electron chi connectivity index (χ4n) is 2.44. The van der Waals surface area contributed by atoms with Gasteiger partial charge >= 0.3 is 0 Å². The van der Waals surface area contributed by atoms with Crippen LogP contribution in [0.4, 0.5) is 11.4 Å². The summed E-state index contributed by atoms with van der Waals surface area (Å²) in [6.07, 6.45) is 0. The molecule has 130 valence electrons. The summed E-state index contributed by atoms with van der Waals surface area (Å²) in [4.78, 5) is 24.3. The zero-order chi connectivity index (χ0) is 18.4. The number of hydrogen-bond acceptors (Lipinski definition) is 4. The number of hydrogen-bond donors (Lipinski definition) is 1. The van der Waals surface area contributed by atoms with Crippen molar-refractivity contribution in [3.63, 3.8) is 0 Å². The molecule has 0 aromatic heterocycles. The molecule has 0 fully saturated rings. The van der Waals surface area contributed by atoms with E-state index in [1.54, 1.807) is 12.1 Å². The van der Waals surface area contributed by atoms with E-state index in [-0.39, 0.29) is 11.6 Å². The normalized spacial score (nSPS) is 11.5. The number of nitro benzene ring substituents is 1. The number of non-ortho nitro benzene ring substituents is 1. The Labute approximate surface area is 155 Å². The second kappa shape index (κ2) is 8.31. The number of carbonyl (C=O) groups is 1. The van der Waals surface area contributed by atoms with Crippen LogP contribution in [0, 0.1) is 10.1 Å². The largest absolute Gasteiger partial charge is 0.325 e. The van der Waals surface area contributed by atoms with Crippen molar-refractivity contribution in [3.05, 3.63) is 101 Å². The van der Waals surface area contributed by atoms with Crippen LogP contribution in [-0.4, -0.2) is 10.8 Å². The van der Waals surface area contributed by atoms with Crippen molar-refractivity contribution in [2.24, 2.45) is 0 Å². The average Bonchev–Trinajstić information content (AvgIpc) is 2.67. The van der Waals surface area contributed by atoms with Gasteiger partial charge in [0.25, 0.3) is 5.69 Å². The second-order valence-electron chi connectivity index (χ2n) is 5.52. The fraction of sp³-hybridized carbons (Fsp3) is 0.0500. The third-order valence-electron chi connectivity index (χ3n) is 3.66. The lowest BCUT2D eigenvalue weighted by molar-refractivity contribution is -0.384. The molecule has 0 aliphatic heterocycles. The first-order chi connectivity index (χ1) is 12.6. The summed E-state index contributed by atoms with van der Waals surface area (Å²) in [6.45, 7) is 0. The molecule has 0 saturated heterocycles. The molecule has 0 bridgehead atoms. The average molecular weight is 364 g/mol. The molecule has 1 N–H and O–H groups in total. The van der Waals surface area contributed by atoms with Crippen molar-refractivity contribution in [2.45, 2.75) is 10.1 Å². The molecule has 3 rings (SSSR count). The maximum absolute atomic E-state index is 12.9. The highest BCUT2D eigenvalue weighted by Crippen LogP contribution is 2.36. The maximum Gasteiger partial charge on any atom is 0.271 e. The van der Waals surface area contributed by atoms with E-state index in [0.29, 0.717) is 5.69 Å². The first-order valence-electron chi connectivity index (χ1n) is 7.95. The summed E-state index contributed by atoms with van der Waals surface area (Å²) < 4.78 is 0. The van der Waals surface area contributed by atoms with Crippen molar-refractivity contribution in [1.82, 2.24) is 0 Å². The highest BCUT2D eigenvalue weighted by molar-refractivity contribution is 8.00. The number of carbonyl (C=O) groups excluding carboxylic acids is 1. The van der Waals surface area contributed by atoms with E-state index in [9.17, 15) is 14.9 Å². The molecule has 0 spiro atoms. The molecule has 0 unspecified atom stereocenters. The molecule has 3 aromatic carbocycles. The minimum absolute atomic E-state index is 0.0604. The van der Waals surface area contributed by atoms with Crippen LogP contribution < -0.4 is 5.32 Å². The van der Waals surface area contributed by atoms with E-state index >= 15 is 0 Å². The standard InChI is InChI=1S/C20H16N2O3S/c23-20(21-16-10-7-11-17(14-16)22(24)25)19(15-8-3-1-4-9-15)26-18-12-5-2-6-13-18/h1-14,19H,(H,21,23)/t19-/m1/s1. The van der Waals surface area contributed by atoms with Gasteiger partial charge in [-0.1, -0.05) is 54.6 Å². The van der Waals surface area contributed by atoms with E-state index in [4.69, 9.17) is 0 Å². The lowest BCUT2D eigenvalue weighted by atomic mass is 10.1. The van der Waals surface area contributed by atoms with E-state index in [0.717, 1.165) is 10.5 Å². The van der Waals surface area contributed by atoms with Crippen LogP contribution in [0.2, 0.25) is 0 Å². The molecule has 26 heavy (non-hydrogen) atoms. The number of rotatable bonds is 6. The number of nitrogens with zero attached hydrogens (tertiary/aromatic N) is 1. The molecule has 3 aromatic rings. The van der Waals surface area contributed by atoms with E-state index in [2.05, 4.69) is 5.32 Å². The lowest BCUT2D eigenvalue weighted by Crippen LogP contribution is -2.19. The molecule has 0 radical (unpaired) electrons. The minimum atomic E-state index is -0.483. The van der Waals surface area contributed by atoms with Gasteiger partial charge in [0.15, 0.2) is 0 Å². The number of thioether (sulfide) groups is 1. The summed E-state index contributed by atoms with van der Waals surface area (Å²) in [7, 11) is 0. The second-order valence-corrected chi connectivity index (χ2v) is 6.70. The Hall–Kier alpha value is -3.12. The lowest BCUT2D eigenvalue weighted by Gasteiger charge is -2.17. The van der Waals surface area contributed by atoms with E-state index in [1.807, 2.05) is 60.7 Å². The Morgan fingerprint density at radius 1 is 0.923 bits per heavy atom. The number of nitrogens with one attached hydrogen (secondary N) is 1. The van der Waals surface area contributed by atoms with Crippen LogP contribution in [-0.2, 0) is 4.79 Å². The summed E-state index contributed by atoms with van der Waals surface area (Å²) in [5.74, 6) is -0.231. The van der Waals surface area contributed by atoms with Gasteiger partial charge < -0.3 is 5.32 Å². The summed E-state index contributed by atoms with van der Waals surface area (Å²) in [6, 6.07) is 25.0. The minimum Gasteiger partial charge on any atom is -0.325 e. The molecule has 1 atom stereocenters. The van der Waals surface area contributed by atoms with Crippen LogP contribution in [0.15, 0.2) is 89.8 Å². The maximum atomic E-state index is 12.9. The molecule has 5 nitrogen and oxygen atoms in total. The molecule has 1 amide bonds. The Kier molecular flexibility index (Phi) is 5.66. The molecular weight excluding hydrogens is 348 g/mol. The Balaban J connectivity index is 1.85. The molecule has 0 heterocycles. The van der Waals surface area contributed by atoms with Crippen LogP contribution in [0.25, 0.3) is 0 Å². The van der Waals surface area contributed by atoms with Crippen molar-refractivity contribution in [2.75, 3.05) is 5.32 Å².